The van der Waals surface area contributed by atoms with Gasteiger partial charge in [0.15, 0.2) is 10.1 Å². The Balaban J connectivity index is 1.43. The molecule has 1 aliphatic rings. The van der Waals surface area contributed by atoms with Crippen LogP contribution in [0.4, 0.5) is 0 Å². The summed E-state index contributed by atoms with van der Waals surface area (Å²) in [4.78, 5) is 15.3. The number of piperidine rings is 1. The fraction of sp³-hybridized carbons (Fsp3) is 0.476. The Bertz CT molecular complexity index is 976. The molecule has 1 saturated heterocycles. The van der Waals surface area contributed by atoms with Crippen molar-refractivity contribution in [2.45, 2.75) is 36.3 Å². The molecule has 0 radical (unpaired) electrons. The number of hydrogen-bond donors (Lipinski definition) is 1. The fourth-order valence-electron chi connectivity index (χ4n) is 3.72. The minimum absolute atomic E-state index is 0.127. The molecular formula is C21H26N4O2S2. The van der Waals surface area contributed by atoms with Crippen LogP contribution in [0.25, 0.3) is 11.0 Å². The molecule has 1 N–H and O–H groups in total. The first kappa shape index (κ1) is 20.4. The first-order valence-electron chi connectivity index (χ1n) is 10.00. The molecule has 1 amide bonds. The first-order chi connectivity index (χ1) is 14.1. The van der Waals surface area contributed by atoms with E-state index in [-0.39, 0.29) is 5.91 Å². The Morgan fingerprint density at radius 1 is 1.31 bits per heavy atom. The number of amides is 1. The summed E-state index contributed by atoms with van der Waals surface area (Å²) in [5, 5.41) is 13.3. The number of nitrogens with zero attached hydrogens (tertiary/aromatic N) is 3. The van der Waals surface area contributed by atoms with Crippen LogP contribution >= 0.6 is 23.1 Å². The van der Waals surface area contributed by atoms with E-state index in [4.69, 9.17) is 4.42 Å². The highest BCUT2D eigenvalue weighted by atomic mass is 32.2. The maximum atomic E-state index is 12.9. The van der Waals surface area contributed by atoms with Gasteiger partial charge in [-0.3, -0.25) is 4.79 Å². The van der Waals surface area contributed by atoms with Gasteiger partial charge in [0.2, 0.25) is 0 Å². The quantitative estimate of drug-likeness (QED) is 0.562. The van der Waals surface area contributed by atoms with E-state index in [2.05, 4.69) is 27.5 Å². The smallest absolute Gasteiger partial charge is 0.287 e. The van der Waals surface area contributed by atoms with Gasteiger partial charge in [0.25, 0.3) is 5.91 Å². The molecule has 0 atom stereocenters. The van der Waals surface area contributed by atoms with Crippen LogP contribution in [0.1, 0.15) is 40.4 Å². The van der Waals surface area contributed by atoms with Gasteiger partial charge in [-0.05, 0) is 58.3 Å². The van der Waals surface area contributed by atoms with E-state index in [9.17, 15) is 4.79 Å². The molecule has 1 aliphatic heterocycles. The lowest BCUT2D eigenvalue weighted by molar-refractivity contribution is 0.0922. The summed E-state index contributed by atoms with van der Waals surface area (Å²) in [5.74, 6) is 1.61. The van der Waals surface area contributed by atoms with Crippen molar-refractivity contribution in [3.05, 3.63) is 40.6 Å². The van der Waals surface area contributed by atoms with E-state index in [1.807, 2.05) is 31.2 Å². The summed E-state index contributed by atoms with van der Waals surface area (Å²) in [5.41, 5.74) is 1.67. The van der Waals surface area contributed by atoms with E-state index in [1.165, 1.54) is 12.8 Å². The molecule has 0 spiro atoms. The van der Waals surface area contributed by atoms with Crippen LogP contribution < -0.4 is 5.32 Å². The predicted octanol–water partition coefficient (Wildman–Crippen LogP) is 4.35. The zero-order valence-electron chi connectivity index (χ0n) is 16.8. The SMILES string of the molecule is Cc1nnc(SCc2c(C(=O)NCCC3CCN(C)CC3)oc3ccccc23)s1. The number of carbonyl (C=O) groups excluding carboxylic acids is 1. The van der Waals surface area contributed by atoms with E-state index in [0.29, 0.717) is 24.0 Å². The average molecular weight is 431 g/mol. The molecule has 0 saturated carbocycles. The van der Waals surface area contributed by atoms with Crippen molar-refractivity contribution in [2.24, 2.45) is 5.92 Å². The Morgan fingerprint density at radius 3 is 2.86 bits per heavy atom. The minimum atomic E-state index is -0.127. The monoisotopic (exact) mass is 430 g/mol. The van der Waals surface area contributed by atoms with Gasteiger partial charge in [0.1, 0.15) is 10.6 Å². The van der Waals surface area contributed by atoms with Crippen LogP contribution in [-0.4, -0.2) is 47.7 Å². The van der Waals surface area contributed by atoms with Crippen molar-refractivity contribution in [1.29, 1.82) is 0 Å². The lowest BCUT2D eigenvalue weighted by atomic mass is 9.94. The van der Waals surface area contributed by atoms with Crippen LogP contribution in [0, 0.1) is 12.8 Å². The number of thioether (sulfide) groups is 1. The molecule has 3 aromatic rings. The summed E-state index contributed by atoms with van der Waals surface area (Å²) < 4.78 is 6.85. The number of benzene rings is 1. The number of aryl methyl sites for hydroxylation is 1. The Labute approximate surface area is 179 Å². The maximum absolute atomic E-state index is 12.9. The molecule has 1 fully saturated rings. The fourth-order valence-corrected chi connectivity index (χ4v) is 5.56. The lowest BCUT2D eigenvalue weighted by Gasteiger charge is -2.28. The van der Waals surface area contributed by atoms with E-state index < -0.39 is 0 Å². The van der Waals surface area contributed by atoms with Crippen LogP contribution in [0.5, 0.6) is 0 Å². The molecule has 8 heteroatoms. The van der Waals surface area contributed by atoms with Crippen LogP contribution in [-0.2, 0) is 5.75 Å². The minimum Gasteiger partial charge on any atom is -0.451 e. The number of rotatable bonds is 7. The topological polar surface area (TPSA) is 71.3 Å². The highest BCUT2D eigenvalue weighted by Crippen LogP contribution is 2.33. The third-order valence-electron chi connectivity index (χ3n) is 5.43. The van der Waals surface area contributed by atoms with Crippen molar-refractivity contribution in [3.8, 4) is 0 Å². The number of carbonyl (C=O) groups is 1. The summed E-state index contributed by atoms with van der Waals surface area (Å²) in [6.07, 6.45) is 3.44. The maximum Gasteiger partial charge on any atom is 0.287 e. The number of aromatic nitrogens is 2. The third kappa shape index (κ3) is 4.99. The van der Waals surface area contributed by atoms with Gasteiger partial charge in [-0.1, -0.05) is 41.3 Å². The van der Waals surface area contributed by atoms with Gasteiger partial charge in [-0.25, -0.2) is 0 Å². The second-order valence-corrected chi connectivity index (χ2v) is 9.98. The number of likely N-dealkylation sites (tertiary alicyclic amines) is 1. The van der Waals surface area contributed by atoms with E-state index >= 15 is 0 Å². The summed E-state index contributed by atoms with van der Waals surface area (Å²) in [6, 6.07) is 7.82. The molecule has 29 heavy (non-hydrogen) atoms. The first-order valence-corrected chi connectivity index (χ1v) is 11.8. The summed E-state index contributed by atoms with van der Waals surface area (Å²) in [6.45, 7) is 4.92. The van der Waals surface area contributed by atoms with Gasteiger partial charge in [-0.15, -0.1) is 10.2 Å². The van der Waals surface area contributed by atoms with Crippen molar-refractivity contribution < 1.29 is 9.21 Å². The number of hydrogen-bond acceptors (Lipinski definition) is 7. The predicted molar refractivity (Wildman–Crippen MR) is 118 cm³/mol. The Morgan fingerprint density at radius 2 is 2.10 bits per heavy atom. The lowest BCUT2D eigenvalue weighted by Crippen LogP contribution is -2.32. The van der Waals surface area contributed by atoms with Crippen LogP contribution in [0.2, 0.25) is 0 Å². The molecule has 6 nitrogen and oxygen atoms in total. The normalized spacial score (nSPS) is 15.8. The van der Waals surface area contributed by atoms with Crippen molar-refractivity contribution in [2.75, 3.05) is 26.7 Å². The van der Waals surface area contributed by atoms with E-state index in [0.717, 1.165) is 45.4 Å². The molecular weight excluding hydrogens is 404 g/mol. The van der Waals surface area contributed by atoms with Crippen molar-refractivity contribution in [1.82, 2.24) is 20.4 Å². The Hall–Kier alpha value is -1.90. The number of nitrogens with one attached hydrogen (secondary N) is 1. The zero-order valence-corrected chi connectivity index (χ0v) is 18.4. The summed E-state index contributed by atoms with van der Waals surface area (Å²) in [7, 11) is 2.17. The molecule has 3 heterocycles. The standard InChI is InChI=1S/C21H26N4O2S2/c1-14-23-24-21(29-14)28-13-17-16-5-3-4-6-18(16)27-19(17)20(26)22-10-7-15-8-11-25(2)12-9-15/h3-6,15H,7-13H2,1-2H3,(H,22,26). The molecule has 2 aromatic heterocycles. The van der Waals surface area contributed by atoms with Crippen molar-refractivity contribution in [3.63, 3.8) is 0 Å². The molecule has 4 rings (SSSR count). The second kappa shape index (κ2) is 9.28. The molecule has 1 aromatic carbocycles. The van der Waals surface area contributed by atoms with Gasteiger partial charge < -0.3 is 14.6 Å². The zero-order chi connectivity index (χ0) is 20.2. The van der Waals surface area contributed by atoms with Crippen molar-refractivity contribution >= 4 is 40.0 Å². The largest absolute Gasteiger partial charge is 0.451 e. The van der Waals surface area contributed by atoms with Gasteiger partial charge in [-0.2, -0.15) is 0 Å². The number of para-hydroxylation sites is 1. The number of furan rings is 1. The average Bonchev–Trinajstić information content (AvgIpc) is 3.31. The molecule has 0 bridgehead atoms. The molecule has 154 valence electrons. The second-order valence-electron chi connectivity index (χ2n) is 7.57. The van der Waals surface area contributed by atoms with Crippen LogP contribution in [0.3, 0.4) is 0 Å². The van der Waals surface area contributed by atoms with Gasteiger partial charge in [0, 0.05) is 23.2 Å². The Kier molecular flexibility index (Phi) is 6.52. The van der Waals surface area contributed by atoms with Gasteiger partial charge >= 0.3 is 0 Å². The highest BCUT2D eigenvalue weighted by molar-refractivity contribution is 8.00. The number of fused-ring (bicyclic) bond motifs is 1. The van der Waals surface area contributed by atoms with Crippen LogP contribution in [0.15, 0.2) is 33.0 Å². The summed E-state index contributed by atoms with van der Waals surface area (Å²) >= 11 is 3.16. The third-order valence-corrected chi connectivity index (χ3v) is 7.43. The van der Waals surface area contributed by atoms with Gasteiger partial charge in [0.05, 0.1) is 0 Å². The van der Waals surface area contributed by atoms with E-state index in [1.54, 1.807) is 23.1 Å². The molecule has 0 aliphatic carbocycles. The highest BCUT2D eigenvalue weighted by Gasteiger charge is 2.22. The molecule has 0 unspecified atom stereocenters.